The first kappa shape index (κ1) is 32.2. The van der Waals surface area contributed by atoms with Crippen LogP contribution in [0.2, 0.25) is 0 Å². The van der Waals surface area contributed by atoms with Gasteiger partial charge in [0.25, 0.3) is 0 Å². The van der Waals surface area contributed by atoms with Crippen molar-refractivity contribution < 1.29 is 24.6 Å². The molecule has 242 valence electrons. The average Bonchev–Trinajstić information content (AvgIpc) is 3.40. The molecule has 0 bridgehead atoms. The molecule has 48 heavy (non-hydrogen) atoms. The summed E-state index contributed by atoms with van der Waals surface area (Å²) in [6.45, 7) is 0.0339. The Bertz CT molecular complexity index is 1800. The van der Waals surface area contributed by atoms with E-state index in [4.69, 9.17) is 0 Å². The Morgan fingerprint density at radius 2 is 1.02 bits per heavy atom. The van der Waals surface area contributed by atoms with Gasteiger partial charge in [0.2, 0.25) is 5.91 Å². The summed E-state index contributed by atoms with van der Waals surface area (Å²) in [5, 5.41) is 23.7. The molecule has 1 aliphatic heterocycles. The molecule has 0 aliphatic carbocycles. The van der Waals surface area contributed by atoms with Gasteiger partial charge >= 0.3 is 12.0 Å². The second-order valence-corrected chi connectivity index (χ2v) is 12.0. The van der Waals surface area contributed by atoms with Crippen LogP contribution in [-0.2, 0) is 28.3 Å². The summed E-state index contributed by atoms with van der Waals surface area (Å²) in [6.07, 6.45) is 0. The average molecular weight is 640 g/mol. The number of rotatable bonds is 11. The van der Waals surface area contributed by atoms with E-state index in [2.05, 4.69) is 0 Å². The summed E-state index contributed by atoms with van der Waals surface area (Å²) in [5.41, 5.74) is 1.46. The summed E-state index contributed by atoms with van der Waals surface area (Å²) in [6, 6.07) is 41.3. The Hall–Kier alpha value is -5.73. The van der Waals surface area contributed by atoms with E-state index in [9.17, 15) is 19.8 Å². The van der Waals surface area contributed by atoms with Crippen LogP contribution < -0.4 is 0 Å². The van der Waals surface area contributed by atoms with E-state index < -0.39 is 41.6 Å². The Balaban J connectivity index is 1.49. The second-order valence-electron chi connectivity index (χ2n) is 12.0. The largest absolute Gasteiger partial charge is 0.480 e. The van der Waals surface area contributed by atoms with E-state index in [0.717, 1.165) is 11.1 Å². The fraction of sp³-hybridized carbons (Fsp3) is 0.175. The molecule has 2 N–H and O–H groups in total. The number of carbonyl (C=O) groups is 3. The maximum absolute atomic E-state index is 15.1. The summed E-state index contributed by atoms with van der Waals surface area (Å²) >= 11 is 0. The van der Waals surface area contributed by atoms with Gasteiger partial charge in [0.05, 0.1) is 6.04 Å². The van der Waals surface area contributed by atoms with Gasteiger partial charge < -0.3 is 24.9 Å². The highest BCUT2D eigenvalue weighted by Gasteiger charge is 2.56. The quantitative estimate of drug-likeness (QED) is 0.182. The number of hydrogen-bond acceptors (Lipinski definition) is 4. The van der Waals surface area contributed by atoms with E-state index in [1.165, 1.54) is 14.7 Å². The first-order valence-electron chi connectivity index (χ1n) is 15.8. The lowest BCUT2D eigenvalue weighted by molar-refractivity contribution is -0.151. The lowest BCUT2D eigenvalue weighted by Gasteiger charge is -2.44. The van der Waals surface area contributed by atoms with Crippen LogP contribution in [0.4, 0.5) is 4.79 Å². The minimum absolute atomic E-state index is 0.00943. The van der Waals surface area contributed by atoms with Crippen molar-refractivity contribution in [3.05, 3.63) is 179 Å². The third-order valence-corrected chi connectivity index (χ3v) is 9.03. The maximum atomic E-state index is 15.1. The molecule has 3 amide bonds. The number of benzene rings is 5. The number of aliphatic carboxylic acids is 1. The Labute approximate surface area is 280 Å². The van der Waals surface area contributed by atoms with Gasteiger partial charge in [-0.25, -0.2) is 9.59 Å². The van der Waals surface area contributed by atoms with Gasteiger partial charge in [0.1, 0.15) is 11.6 Å². The number of likely N-dealkylation sites (N-methyl/N-ethyl adjacent to an activating group) is 1. The first-order valence-corrected chi connectivity index (χ1v) is 15.8. The van der Waals surface area contributed by atoms with Crippen LogP contribution in [0.3, 0.4) is 0 Å². The molecule has 6 rings (SSSR count). The topological polar surface area (TPSA) is 101 Å². The van der Waals surface area contributed by atoms with Gasteiger partial charge in [0, 0.05) is 20.1 Å². The molecule has 5 aromatic rings. The zero-order chi connectivity index (χ0) is 33.7. The van der Waals surface area contributed by atoms with Gasteiger partial charge in [-0.3, -0.25) is 4.79 Å². The molecular weight excluding hydrogens is 602 g/mol. The third kappa shape index (κ3) is 6.18. The van der Waals surface area contributed by atoms with Crippen LogP contribution >= 0.6 is 0 Å². The molecule has 0 saturated carbocycles. The van der Waals surface area contributed by atoms with Gasteiger partial charge in [-0.1, -0.05) is 152 Å². The van der Waals surface area contributed by atoms with Gasteiger partial charge in [0.15, 0.2) is 6.04 Å². The molecular formula is C40H37N3O5. The summed E-state index contributed by atoms with van der Waals surface area (Å²) in [5.74, 6) is -1.90. The zero-order valence-electron chi connectivity index (χ0n) is 26.5. The number of urea groups is 1. The molecule has 1 unspecified atom stereocenters. The molecule has 8 nitrogen and oxygen atoms in total. The van der Waals surface area contributed by atoms with E-state index in [1.807, 2.05) is 152 Å². The minimum atomic E-state index is -1.76. The molecule has 1 saturated heterocycles. The maximum Gasteiger partial charge on any atom is 0.329 e. The Morgan fingerprint density at radius 1 is 0.646 bits per heavy atom. The molecule has 0 aromatic heterocycles. The number of carboxylic acids is 1. The molecule has 5 aromatic carbocycles. The monoisotopic (exact) mass is 639 g/mol. The molecule has 1 aliphatic rings. The van der Waals surface area contributed by atoms with E-state index >= 15 is 4.79 Å². The van der Waals surface area contributed by atoms with Crippen molar-refractivity contribution in [2.45, 2.75) is 36.8 Å². The molecule has 3 atom stereocenters. The van der Waals surface area contributed by atoms with Crippen molar-refractivity contribution >= 4 is 17.9 Å². The van der Waals surface area contributed by atoms with Crippen molar-refractivity contribution in [2.24, 2.45) is 0 Å². The predicted octanol–water partition coefficient (Wildman–Crippen LogP) is 6.08. The number of amides is 3. The van der Waals surface area contributed by atoms with E-state index in [-0.39, 0.29) is 13.1 Å². The minimum Gasteiger partial charge on any atom is -0.480 e. The van der Waals surface area contributed by atoms with Crippen LogP contribution in [0.15, 0.2) is 152 Å². The number of carbonyl (C=O) groups excluding carboxylic acids is 2. The van der Waals surface area contributed by atoms with E-state index in [1.54, 1.807) is 7.05 Å². The smallest absolute Gasteiger partial charge is 0.329 e. The summed E-state index contributed by atoms with van der Waals surface area (Å²) in [4.78, 5) is 46.4. The van der Waals surface area contributed by atoms with Crippen LogP contribution in [0.1, 0.15) is 33.9 Å². The van der Waals surface area contributed by atoms with Gasteiger partial charge in [-0.05, 0) is 27.8 Å². The fourth-order valence-electron chi connectivity index (χ4n) is 6.76. The zero-order valence-corrected chi connectivity index (χ0v) is 26.5. The third-order valence-electron chi connectivity index (χ3n) is 9.03. The molecule has 0 radical (unpaired) electrons. The number of hydrogen-bond donors (Lipinski definition) is 2. The van der Waals surface area contributed by atoms with Crippen molar-refractivity contribution in [3.8, 4) is 0 Å². The number of nitrogens with zero attached hydrogens (tertiary/aromatic N) is 3. The first-order chi connectivity index (χ1) is 23.3. The molecule has 1 heterocycles. The Kier molecular flexibility index (Phi) is 9.36. The Morgan fingerprint density at radius 3 is 1.44 bits per heavy atom. The molecule has 8 heteroatoms. The van der Waals surface area contributed by atoms with Gasteiger partial charge in [-0.2, -0.15) is 0 Å². The standard InChI is InChI=1S/C40H37N3O5/c1-41(36(31-21-11-4-12-22-31)40(48,32-23-13-5-14-24-32)33-25-15-6-16-26-33)37(44)34-35(38(45)46)43(28-30-19-9-3-10-20-30)39(47)42(34)27-29-17-7-2-8-18-29/h2-26,34-36,48H,27-28H2,1H3,(H,45,46)/t34-,35+,36?/m0/s1. The van der Waals surface area contributed by atoms with Crippen molar-refractivity contribution in [2.75, 3.05) is 7.05 Å². The van der Waals surface area contributed by atoms with Crippen molar-refractivity contribution in [1.29, 1.82) is 0 Å². The van der Waals surface area contributed by atoms with Crippen molar-refractivity contribution in [1.82, 2.24) is 14.7 Å². The normalized spacial score (nSPS) is 16.8. The highest BCUT2D eigenvalue weighted by molar-refractivity contribution is 5.98. The van der Waals surface area contributed by atoms with Crippen molar-refractivity contribution in [3.63, 3.8) is 0 Å². The van der Waals surface area contributed by atoms with Crippen LogP contribution in [-0.4, -0.2) is 62.0 Å². The molecule has 0 spiro atoms. The number of carboxylic acid groups (broad SMARTS) is 1. The van der Waals surface area contributed by atoms with Crippen LogP contribution in [0.5, 0.6) is 0 Å². The SMILES string of the molecule is CN(C(=O)[C@@H]1[C@H](C(=O)O)N(Cc2ccccc2)C(=O)N1Cc1ccccc1)C(c1ccccc1)C(O)(c1ccccc1)c1ccccc1. The fourth-order valence-corrected chi connectivity index (χ4v) is 6.76. The summed E-state index contributed by atoms with van der Waals surface area (Å²) < 4.78 is 0. The van der Waals surface area contributed by atoms with Crippen LogP contribution in [0.25, 0.3) is 0 Å². The van der Waals surface area contributed by atoms with E-state index in [0.29, 0.717) is 16.7 Å². The number of aliphatic hydroxyl groups is 1. The second kappa shape index (κ2) is 13.9. The van der Waals surface area contributed by atoms with Crippen LogP contribution in [0, 0.1) is 0 Å². The highest BCUT2D eigenvalue weighted by atomic mass is 16.4. The lowest BCUT2D eigenvalue weighted by Crippen LogP contribution is -2.55. The highest BCUT2D eigenvalue weighted by Crippen LogP contribution is 2.45. The predicted molar refractivity (Wildman–Crippen MR) is 182 cm³/mol. The molecule has 1 fully saturated rings. The van der Waals surface area contributed by atoms with Gasteiger partial charge in [-0.15, -0.1) is 0 Å². The lowest BCUT2D eigenvalue weighted by atomic mass is 9.76. The summed E-state index contributed by atoms with van der Waals surface area (Å²) in [7, 11) is 1.57.